The van der Waals surface area contributed by atoms with Crippen molar-refractivity contribution in [1.82, 2.24) is 4.98 Å². The summed E-state index contributed by atoms with van der Waals surface area (Å²) >= 11 is 0. The molecule has 1 atom stereocenters. The van der Waals surface area contributed by atoms with Gasteiger partial charge in [-0.15, -0.1) is 0 Å². The van der Waals surface area contributed by atoms with Crippen molar-refractivity contribution in [1.29, 1.82) is 0 Å². The SMILES string of the molecule is CC.Cc1ccc(N)c(N2CCCC(CCCNc3cccc(C(=O)O)n3)C2)c1. The van der Waals surface area contributed by atoms with Crippen LogP contribution < -0.4 is 16.0 Å². The van der Waals surface area contributed by atoms with Crippen molar-refractivity contribution in [3.05, 3.63) is 47.7 Å². The number of hydrogen-bond acceptors (Lipinski definition) is 5. The molecule has 158 valence electrons. The molecule has 0 aliphatic carbocycles. The minimum atomic E-state index is -1.00. The molecular formula is C23H34N4O2. The van der Waals surface area contributed by atoms with Crippen LogP contribution in [0.25, 0.3) is 0 Å². The third kappa shape index (κ3) is 6.66. The second-order valence-corrected chi connectivity index (χ2v) is 7.30. The standard InChI is InChI=1S/C21H28N4O2.C2H6/c1-15-9-10-17(22)19(13-15)25-12-4-6-16(14-25)5-3-11-23-20-8-2-7-18(24-20)21(26)27;1-2/h2,7-10,13,16H,3-6,11-12,14,22H2,1H3,(H,23,24)(H,26,27);1-2H3. The maximum atomic E-state index is 11.0. The summed E-state index contributed by atoms with van der Waals surface area (Å²) in [6.07, 6.45) is 4.59. The van der Waals surface area contributed by atoms with E-state index in [9.17, 15) is 4.79 Å². The van der Waals surface area contributed by atoms with Crippen molar-refractivity contribution in [2.75, 3.05) is 35.6 Å². The Hall–Kier alpha value is -2.76. The number of piperidine rings is 1. The summed E-state index contributed by atoms with van der Waals surface area (Å²) in [5.74, 6) is 0.267. The van der Waals surface area contributed by atoms with Gasteiger partial charge in [0, 0.05) is 19.6 Å². The maximum Gasteiger partial charge on any atom is 0.354 e. The predicted molar refractivity (Wildman–Crippen MR) is 121 cm³/mol. The number of rotatable bonds is 7. The Morgan fingerprint density at radius 2 is 2.10 bits per heavy atom. The number of aryl methyl sites for hydroxylation is 1. The molecule has 2 aromatic rings. The number of hydrogen-bond donors (Lipinski definition) is 3. The molecule has 1 aromatic heterocycles. The van der Waals surface area contributed by atoms with Crippen LogP contribution in [0, 0.1) is 12.8 Å². The van der Waals surface area contributed by atoms with Crippen LogP contribution in [-0.4, -0.2) is 35.7 Å². The summed E-state index contributed by atoms with van der Waals surface area (Å²) in [5, 5.41) is 12.2. The molecule has 6 heteroatoms. The lowest BCUT2D eigenvalue weighted by molar-refractivity contribution is 0.0690. The molecule has 1 aliphatic rings. The summed E-state index contributed by atoms with van der Waals surface area (Å²) in [7, 11) is 0. The number of aromatic nitrogens is 1. The van der Waals surface area contributed by atoms with Gasteiger partial charge in [0.1, 0.15) is 5.82 Å². The van der Waals surface area contributed by atoms with Gasteiger partial charge >= 0.3 is 5.97 Å². The van der Waals surface area contributed by atoms with E-state index in [1.54, 1.807) is 12.1 Å². The molecule has 1 aliphatic heterocycles. The van der Waals surface area contributed by atoms with Crippen LogP contribution in [0.4, 0.5) is 17.2 Å². The fraction of sp³-hybridized carbons (Fsp3) is 0.478. The lowest BCUT2D eigenvalue weighted by Gasteiger charge is -2.35. The van der Waals surface area contributed by atoms with Crippen LogP contribution in [-0.2, 0) is 0 Å². The van der Waals surface area contributed by atoms with Crippen LogP contribution in [0.2, 0.25) is 0 Å². The van der Waals surface area contributed by atoms with E-state index in [-0.39, 0.29) is 5.69 Å². The number of anilines is 3. The average Bonchev–Trinajstić information content (AvgIpc) is 2.75. The first kappa shape index (κ1) is 22.5. The number of benzene rings is 1. The van der Waals surface area contributed by atoms with Crippen LogP contribution in [0.3, 0.4) is 0 Å². The van der Waals surface area contributed by atoms with Crippen LogP contribution >= 0.6 is 0 Å². The van der Waals surface area contributed by atoms with Gasteiger partial charge in [0.25, 0.3) is 0 Å². The molecule has 0 amide bonds. The Labute approximate surface area is 174 Å². The molecule has 4 N–H and O–H groups in total. The van der Waals surface area contributed by atoms with E-state index in [0.717, 1.165) is 43.9 Å². The summed E-state index contributed by atoms with van der Waals surface area (Å²) in [4.78, 5) is 17.5. The van der Waals surface area contributed by atoms with E-state index in [1.807, 2.05) is 19.9 Å². The second-order valence-electron chi connectivity index (χ2n) is 7.30. The molecule has 1 fully saturated rings. The minimum Gasteiger partial charge on any atom is -0.477 e. The summed E-state index contributed by atoms with van der Waals surface area (Å²) in [6, 6.07) is 11.2. The highest BCUT2D eigenvalue weighted by Gasteiger charge is 2.21. The molecule has 0 bridgehead atoms. The van der Waals surface area contributed by atoms with Crippen molar-refractivity contribution in [3.8, 4) is 0 Å². The van der Waals surface area contributed by atoms with Gasteiger partial charge in [0.05, 0.1) is 11.4 Å². The first-order chi connectivity index (χ1) is 14.0. The molecule has 3 rings (SSSR count). The minimum absolute atomic E-state index is 0.0682. The molecule has 1 aromatic carbocycles. The van der Waals surface area contributed by atoms with E-state index in [0.29, 0.717) is 11.7 Å². The zero-order valence-corrected chi connectivity index (χ0v) is 17.8. The number of carboxylic acids is 1. The maximum absolute atomic E-state index is 11.0. The Morgan fingerprint density at radius 3 is 2.86 bits per heavy atom. The van der Waals surface area contributed by atoms with Gasteiger partial charge in [0.2, 0.25) is 0 Å². The zero-order valence-electron chi connectivity index (χ0n) is 17.8. The number of nitrogen functional groups attached to an aromatic ring is 1. The van der Waals surface area contributed by atoms with Crippen molar-refractivity contribution < 1.29 is 9.90 Å². The lowest BCUT2D eigenvalue weighted by atomic mass is 9.92. The molecule has 0 radical (unpaired) electrons. The van der Waals surface area contributed by atoms with Crippen molar-refractivity contribution in [3.63, 3.8) is 0 Å². The van der Waals surface area contributed by atoms with E-state index in [2.05, 4.69) is 34.3 Å². The average molecular weight is 399 g/mol. The van der Waals surface area contributed by atoms with Crippen LogP contribution in [0.15, 0.2) is 36.4 Å². The molecule has 0 spiro atoms. The van der Waals surface area contributed by atoms with Crippen molar-refractivity contribution in [2.45, 2.75) is 46.5 Å². The first-order valence-corrected chi connectivity index (χ1v) is 10.6. The molecule has 1 saturated heterocycles. The third-order valence-corrected chi connectivity index (χ3v) is 5.11. The molecule has 2 heterocycles. The Kier molecular flexibility index (Phi) is 8.77. The van der Waals surface area contributed by atoms with E-state index in [4.69, 9.17) is 10.8 Å². The third-order valence-electron chi connectivity index (χ3n) is 5.11. The number of carbonyl (C=O) groups is 1. The van der Waals surface area contributed by atoms with Gasteiger partial charge < -0.3 is 21.1 Å². The molecule has 1 unspecified atom stereocenters. The zero-order chi connectivity index (χ0) is 21.2. The quantitative estimate of drug-likeness (QED) is 0.458. The van der Waals surface area contributed by atoms with Gasteiger partial charge in [0.15, 0.2) is 5.69 Å². The molecule has 0 saturated carbocycles. The monoisotopic (exact) mass is 398 g/mol. The summed E-state index contributed by atoms with van der Waals surface area (Å²) < 4.78 is 0. The largest absolute Gasteiger partial charge is 0.477 e. The molecule has 6 nitrogen and oxygen atoms in total. The second kappa shape index (κ2) is 11.3. The Balaban J connectivity index is 0.00000145. The first-order valence-electron chi connectivity index (χ1n) is 10.6. The van der Waals surface area contributed by atoms with E-state index < -0.39 is 5.97 Å². The number of nitrogens with two attached hydrogens (primary N) is 1. The highest BCUT2D eigenvalue weighted by atomic mass is 16.4. The predicted octanol–water partition coefficient (Wildman–Crippen LogP) is 4.81. The number of nitrogens with zero attached hydrogens (tertiary/aromatic N) is 2. The van der Waals surface area contributed by atoms with Gasteiger partial charge in [-0.3, -0.25) is 0 Å². The van der Waals surface area contributed by atoms with Crippen molar-refractivity contribution in [2.24, 2.45) is 5.92 Å². The topological polar surface area (TPSA) is 91.5 Å². The van der Waals surface area contributed by atoms with Crippen LogP contribution in [0.1, 0.15) is 55.6 Å². The van der Waals surface area contributed by atoms with E-state index in [1.165, 1.54) is 24.5 Å². The Morgan fingerprint density at radius 1 is 1.31 bits per heavy atom. The fourth-order valence-corrected chi connectivity index (χ4v) is 3.71. The number of carboxylic acid groups (broad SMARTS) is 1. The number of nitrogens with one attached hydrogen (secondary N) is 1. The molecular weight excluding hydrogens is 364 g/mol. The highest BCUT2D eigenvalue weighted by molar-refractivity contribution is 5.85. The highest BCUT2D eigenvalue weighted by Crippen LogP contribution is 2.30. The van der Waals surface area contributed by atoms with Gasteiger partial charge in [-0.05, 0) is 68.4 Å². The van der Waals surface area contributed by atoms with Gasteiger partial charge in [-0.1, -0.05) is 26.0 Å². The fourth-order valence-electron chi connectivity index (χ4n) is 3.71. The van der Waals surface area contributed by atoms with Crippen LogP contribution in [0.5, 0.6) is 0 Å². The lowest BCUT2D eigenvalue weighted by Crippen LogP contribution is -2.36. The normalized spacial score (nSPS) is 16.0. The summed E-state index contributed by atoms with van der Waals surface area (Å²) in [6.45, 7) is 9.00. The number of aromatic carboxylic acids is 1. The van der Waals surface area contributed by atoms with Gasteiger partial charge in [-0.2, -0.15) is 0 Å². The van der Waals surface area contributed by atoms with E-state index >= 15 is 0 Å². The summed E-state index contributed by atoms with van der Waals surface area (Å²) in [5.41, 5.74) is 9.50. The number of pyridine rings is 1. The van der Waals surface area contributed by atoms with Gasteiger partial charge in [-0.25, -0.2) is 9.78 Å². The molecule has 29 heavy (non-hydrogen) atoms. The Bertz CT molecular complexity index is 794. The smallest absolute Gasteiger partial charge is 0.354 e. The van der Waals surface area contributed by atoms with Crippen molar-refractivity contribution >= 4 is 23.2 Å².